The number of aryl methyl sites for hydroxylation is 1. The van der Waals surface area contributed by atoms with Crippen LogP contribution in [0.15, 0.2) is 66.8 Å². The summed E-state index contributed by atoms with van der Waals surface area (Å²) >= 11 is 0. The monoisotopic (exact) mass is 393 g/mol. The minimum Gasteiger partial charge on any atom is -0.496 e. The van der Waals surface area contributed by atoms with Gasteiger partial charge in [0.15, 0.2) is 0 Å². The van der Waals surface area contributed by atoms with Gasteiger partial charge in [0.1, 0.15) is 17.4 Å². The summed E-state index contributed by atoms with van der Waals surface area (Å²) in [6, 6.07) is 12.1. The average Bonchev–Trinajstić information content (AvgIpc) is 3.11. The van der Waals surface area contributed by atoms with Gasteiger partial charge in [-0.25, -0.2) is 8.78 Å². The van der Waals surface area contributed by atoms with Crippen molar-refractivity contribution in [2.24, 2.45) is 5.73 Å². The Morgan fingerprint density at radius 2 is 1.83 bits per heavy atom. The van der Waals surface area contributed by atoms with Crippen LogP contribution in [0.25, 0.3) is 11.1 Å². The number of rotatable bonds is 4. The third-order valence-electron chi connectivity index (χ3n) is 5.38. The second-order valence-corrected chi connectivity index (χ2v) is 7.20. The summed E-state index contributed by atoms with van der Waals surface area (Å²) in [4.78, 5) is 3.85. The lowest BCUT2D eigenvalue weighted by Crippen LogP contribution is -2.31. The maximum atomic E-state index is 14.6. The Kier molecular flexibility index (Phi) is 4.70. The second-order valence-electron chi connectivity index (χ2n) is 7.20. The zero-order valence-corrected chi connectivity index (χ0v) is 16.2. The molecule has 3 N–H and O–H groups in total. The van der Waals surface area contributed by atoms with Gasteiger partial charge < -0.3 is 15.8 Å². The Balaban J connectivity index is 1.90. The molecule has 1 aromatic heterocycles. The van der Waals surface area contributed by atoms with E-state index >= 15 is 0 Å². The summed E-state index contributed by atoms with van der Waals surface area (Å²) in [7, 11) is 1.63. The third kappa shape index (κ3) is 3.31. The normalized spacial score (nSPS) is 18.3. The van der Waals surface area contributed by atoms with Crippen LogP contribution in [-0.4, -0.2) is 18.6 Å². The number of benzene rings is 2. The molecule has 0 radical (unpaired) electrons. The molecule has 6 heteroatoms. The highest BCUT2D eigenvalue weighted by Gasteiger charge is 2.37. The Labute approximate surface area is 168 Å². The first-order chi connectivity index (χ1) is 13.9. The molecule has 0 bridgehead atoms. The molecule has 2 aromatic carbocycles. The molecule has 2 heterocycles. The highest BCUT2D eigenvalue weighted by molar-refractivity contribution is 5.66. The fraction of sp³-hybridized carbons (Fsp3) is 0.174. The Bertz CT molecular complexity index is 1110. The predicted molar refractivity (Wildman–Crippen MR) is 108 cm³/mol. The van der Waals surface area contributed by atoms with Crippen LogP contribution in [0.2, 0.25) is 0 Å². The van der Waals surface area contributed by atoms with E-state index in [9.17, 15) is 8.78 Å². The van der Waals surface area contributed by atoms with Gasteiger partial charge in [0.05, 0.1) is 24.5 Å². The van der Waals surface area contributed by atoms with E-state index in [1.807, 2.05) is 31.2 Å². The van der Waals surface area contributed by atoms with Crippen LogP contribution in [0.4, 0.5) is 8.78 Å². The summed E-state index contributed by atoms with van der Waals surface area (Å²) in [5.41, 5.74) is 8.98. The van der Waals surface area contributed by atoms with Gasteiger partial charge in [-0.05, 0) is 54.0 Å². The van der Waals surface area contributed by atoms with Crippen molar-refractivity contribution in [2.45, 2.75) is 12.3 Å². The first kappa shape index (κ1) is 18.9. The van der Waals surface area contributed by atoms with E-state index in [0.29, 0.717) is 17.9 Å². The molecule has 29 heavy (non-hydrogen) atoms. The molecule has 0 fully saturated rings. The molecule has 4 nitrogen and oxygen atoms in total. The van der Waals surface area contributed by atoms with Crippen LogP contribution in [0.3, 0.4) is 0 Å². The molecule has 1 aliphatic heterocycles. The molecule has 0 amide bonds. The number of nitrogens with zero attached hydrogens (tertiary/aromatic N) is 1. The fourth-order valence-corrected chi connectivity index (χ4v) is 3.89. The number of halogens is 2. The molecule has 1 aliphatic rings. The van der Waals surface area contributed by atoms with E-state index < -0.39 is 17.0 Å². The molecule has 0 saturated carbocycles. The molecule has 1 unspecified atom stereocenters. The standard InChI is InChI=1S/C23H21F2N3O/c1-14-7-16(4-6-21(14)29-2)23(10-22(26)28-13-23)17-3-5-20(25)19(9-17)15-8-18(24)12-27-11-15/h3-12,28H,13,26H2,1-2H3. The largest absolute Gasteiger partial charge is 0.496 e. The fourth-order valence-electron chi connectivity index (χ4n) is 3.89. The van der Waals surface area contributed by atoms with E-state index in [-0.39, 0.29) is 5.56 Å². The number of hydrogen-bond donors (Lipinski definition) is 2. The molecular formula is C23H21F2N3O. The molecule has 0 spiro atoms. The summed E-state index contributed by atoms with van der Waals surface area (Å²) in [6.07, 6.45) is 4.48. The lowest BCUT2D eigenvalue weighted by atomic mass is 9.74. The van der Waals surface area contributed by atoms with Crippen molar-refractivity contribution in [3.05, 3.63) is 95.1 Å². The molecule has 1 atom stereocenters. The number of nitrogens with one attached hydrogen (secondary N) is 1. The third-order valence-corrected chi connectivity index (χ3v) is 5.38. The van der Waals surface area contributed by atoms with Crippen molar-refractivity contribution in [3.63, 3.8) is 0 Å². The summed E-state index contributed by atoms with van der Waals surface area (Å²) in [6.45, 7) is 2.50. The first-order valence-electron chi connectivity index (χ1n) is 9.21. The van der Waals surface area contributed by atoms with Crippen LogP contribution in [0.5, 0.6) is 5.75 Å². The quantitative estimate of drug-likeness (QED) is 0.703. The average molecular weight is 393 g/mol. The summed E-state index contributed by atoms with van der Waals surface area (Å²) in [5.74, 6) is 0.388. The van der Waals surface area contributed by atoms with Gasteiger partial charge >= 0.3 is 0 Å². The van der Waals surface area contributed by atoms with Gasteiger partial charge in [-0.15, -0.1) is 0 Å². The van der Waals surface area contributed by atoms with Crippen LogP contribution >= 0.6 is 0 Å². The van der Waals surface area contributed by atoms with Gasteiger partial charge in [0.25, 0.3) is 0 Å². The Morgan fingerprint density at radius 3 is 2.48 bits per heavy atom. The maximum Gasteiger partial charge on any atom is 0.142 e. The van der Waals surface area contributed by atoms with Crippen molar-refractivity contribution in [1.29, 1.82) is 0 Å². The zero-order chi connectivity index (χ0) is 20.6. The van der Waals surface area contributed by atoms with E-state index in [2.05, 4.69) is 10.3 Å². The highest BCUT2D eigenvalue weighted by atomic mass is 19.1. The maximum absolute atomic E-state index is 14.6. The number of pyridine rings is 1. The molecule has 3 aromatic rings. The minimum absolute atomic E-state index is 0.290. The van der Waals surface area contributed by atoms with Crippen LogP contribution < -0.4 is 15.8 Å². The van der Waals surface area contributed by atoms with E-state index in [0.717, 1.165) is 28.6 Å². The minimum atomic E-state index is -0.593. The van der Waals surface area contributed by atoms with Crippen LogP contribution in [-0.2, 0) is 5.41 Å². The van der Waals surface area contributed by atoms with E-state index in [4.69, 9.17) is 10.5 Å². The Morgan fingerprint density at radius 1 is 1.07 bits per heavy atom. The van der Waals surface area contributed by atoms with Gasteiger partial charge in [-0.1, -0.05) is 18.2 Å². The van der Waals surface area contributed by atoms with Crippen LogP contribution in [0.1, 0.15) is 16.7 Å². The van der Waals surface area contributed by atoms with E-state index in [1.54, 1.807) is 19.2 Å². The zero-order valence-electron chi connectivity index (χ0n) is 16.2. The van der Waals surface area contributed by atoms with Gasteiger partial charge in [0, 0.05) is 23.9 Å². The molecule has 4 rings (SSSR count). The van der Waals surface area contributed by atoms with Crippen molar-refractivity contribution in [1.82, 2.24) is 10.3 Å². The SMILES string of the molecule is COc1ccc(C2(c3ccc(F)c(-c4cncc(F)c4)c3)C=C(N)NC2)cc1C. The van der Waals surface area contributed by atoms with Crippen LogP contribution in [0, 0.1) is 18.6 Å². The van der Waals surface area contributed by atoms with Crippen molar-refractivity contribution < 1.29 is 13.5 Å². The summed E-state index contributed by atoms with van der Waals surface area (Å²) < 4.78 is 33.7. The first-order valence-corrected chi connectivity index (χ1v) is 9.21. The lowest BCUT2D eigenvalue weighted by Gasteiger charge is -2.29. The van der Waals surface area contributed by atoms with Crippen molar-refractivity contribution >= 4 is 0 Å². The number of nitrogens with two attached hydrogens (primary N) is 1. The van der Waals surface area contributed by atoms with Crippen molar-refractivity contribution in [3.8, 4) is 16.9 Å². The van der Waals surface area contributed by atoms with Gasteiger partial charge in [0.2, 0.25) is 0 Å². The van der Waals surface area contributed by atoms with Gasteiger partial charge in [-0.3, -0.25) is 4.98 Å². The van der Waals surface area contributed by atoms with E-state index in [1.165, 1.54) is 18.3 Å². The number of aromatic nitrogens is 1. The highest BCUT2D eigenvalue weighted by Crippen LogP contribution is 2.40. The number of ether oxygens (including phenoxy) is 1. The topological polar surface area (TPSA) is 60.2 Å². The molecule has 0 saturated heterocycles. The smallest absolute Gasteiger partial charge is 0.142 e. The Hall–Kier alpha value is -3.41. The predicted octanol–water partition coefficient (Wildman–Crippen LogP) is 4.03. The molecular weight excluding hydrogens is 372 g/mol. The summed E-state index contributed by atoms with van der Waals surface area (Å²) in [5, 5.41) is 3.18. The number of hydrogen-bond acceptors (Lipinski definition) is 4. The molecule has 148 valence electrons. The molecule has 0 aliphatic carbocycles. The van der Waals surface area contributed by atoms with Gasteiger partial charge in [-0.2, -0.15) is 0 Å². The second kappa shape index (κ2) is 7.20. The van der Waals surface area contributed by atoms with Crippen molar-refractivity contribution in [2.75, 3.05) is 13.7 Å². The number of methoxy groups -OCH3 is 1. The lowest BCUT2D eigenvalue weighted by molar-refractivity contribution is 0.411.